The first-order chi connectivity index (χ1) is 15.2. The van der Waals surface area contributed by atoms with Crippen LogP contribution in [0.15, 0.2) is 35.0 Å². The highest BCUT2D eigenvalue weighted by molar-refractivity contribution is 5.86. The largest absolute Gasteiger partial charge is 0.423 e. The number of nitrogens with zero attached hydrogens (tertiary/aromatic N) is 2. The summed E-state index contributed by atoms with van der Waals surface area (Å²) in [6, 6.07) is 9.47. The van der Waals surface area contributed by atoms with Crippen molar-refractivity contribution in [1.29, 1.82) is 0 Å². The Labute approximate surface area is 188 Å². The van der Waals surface area contributed by atoms with Crippen LogP contribution >= 0.6 is 0 Å². The van der Waals surface area contributed by atoms with Gasteiger partial charge in [-0.15, -0.1) is 0 Å². The minimum Gasteiger partial charge on any atom is -0.423 e. The molecule has 0 unspecified atom stereocenters. The molecule has 2 aliphatic carbocycles. The van der Waals surface area contributed by atoms with Gasteiger partial charge in [0.25, 0.3) is 6.02 Å². The summed E-state index contributed by atoms with van der Waals surface area (Å²) in [5, 5.41) is 3.51. The number of carbonyl (C=O) groups is 1. The van der Waals surface area contributed by atoms with Crippen LogP contribution in [-0.2, 0) is 9.53 Å². The normalized spacial score (nSPS) is 19.2. The molecule has 0 radical (unpaired) electrons. The zero-order valence-corrected chi connectivity index (χ0v) is 19.3. The number of nitrogens with one attached hydrogen (secondary N) is 1. The molecule has 5 nitrogen and oxygen atoms in total. The second-order valence-electron chi connectivity index (χ2n) is 8.74. The van der Waals surface area contributed by atoms with Gasteiger partial charge in [-0.25, -0.2) is 4.99 Å². The average molecular weight is 426 g/mol. The van der Waals surface area contributed by atoms with Crippen LogP contribution in [-0.4, -0.2) is 37.5 Å². The summed E-state index contributed by atoms with van der Waals surface area (Å²) in [5.74, 6) is 0.299. The van der Waals surface area contributed by atoms with Crippen molar-refractivity contribution in [3.05, 3.63) is 35.6 Å². The molecule has 0 heterocycles. The maximum Gasteiger partial charge on any atom is 0.290 e. The molecule has 0 bridgehead atoms. The quantitative estimate of drug-likeness (QED) is 0.191. The maximum atomic E-state index is 11.8. The van der Waals surface area contributed by atoms with E-state index in [1.165, 1.54) is 44.2 Å². The van der Waals surface area contributed by atoms with Gasteiger partial charge in [-0.1, -0.05) is 50.7 Å². The Hall–Kier alpha value is -2.30. The molecule has 5 heteroatoms. The molecule has 0 saturated heterocycles. The Balaban J connectivity index is 1.73. The molecule has 1 N–H and O–H groups in total. The van der Waals surface area contributed by atoms with Crippen LogP contribution < -0.4 is 10.2 Å². The fraction of sp³-hybridized carbons (Fsp3) is 0.615. The van der Waals surface area contributed by atoms with Crippen molar-refractivity contribution >= 4 is 24.1 Å². The van der Waals surface area contributed by atoms with Crippen molar-refractivity contribution < 1.29 is 9.53 Å². The highest BCUT2D eigenvalue weighted by Gasteiger charge is 2.19. The fourth-order valence-corrected chi connectivity index (χ4v) is 4.62. The third kappa shape index (κ3) is 7.41. The van der Waals surface area contributed by atoms with E-state index in [2.05, 4.69) is 36.2 Å². The molecule has 1 aromatic carbocycles. The molecular weight excluding hydrogens is 386 g/mol. The first-order valence-electron chi connectivity index (χ1n) is 12.3. The van der Waals surface area contributed by atoms with Gasteiger partial charge >= 0.3 is 0 Å². The number of anilines is 1. The van der Waals surface area contributed by atoms with Crippen LogP contribution in [0.1, 0.15) is 83.6 Å². The first-order valence-corrected chi connectivity index (χ1v) is 12.3. The lowest BCUT2D eigenvalue weighted by Crippen LogP contribution is -2.38. The first kappa shape index (κ1) is 23.4. The summed E-state index contributed by atoms with van der Waals surface area (Å²) < 4.78 is 6.05. The number of ether oxygens (including phenoxy) is 1. The lowest BCUT2D eigenvalue weighted by atomic mass is 9.95. The number of benzene rings is 1. The Morgan fingerprint density at radius 3 is 2.19 bits per heavy atom. The van der Waals surface area contributed by atoms with Crippen LogP contribution in [0.2, 0.25) is 0 Å². The van der Waals surface area contributed by atoms with Gasteiger partial charge in [0.05, 0.1) is 6.04 Å². The molecule has 0 atom stereocenters. The Morgan fingerprint density at radius 1 is 1.00 bits per heavy atom. The molecule has 0 aliphatic heterocycles. The summed E-state index contributed by atoms with van der Waals surface area (Å²) in [6.07, 6.45) is 14.6. The molecule has 0 aromatic heterocycles. The lowest BCUT2D eigenvalue weighted by molar-refractivity contribution is -0.106. The van der Waals surface area contributed by atoms with E-state index in [9.17, 15) is 4.79 Å². The molecule has 170 valence electrons. The second-order valence-corrected chi connectivity index (χ2v) is 8.74. The van der Waals surface area contributed by atoms with Crippen molar-refractivity contribution in [3.63, 3.8) is 0 Å². The number of hydrogen-bond donors (Lipinski definition) is 1. The van der Waals surface area contributed by atoms with Gasteiger partial charge in [0.15, 0.2) is 12.0 Å². The average Bonchev–Trinajstić information content (AvgIpc) is 2.81. The van der Waals surface area contributed by atoms with E-state index in [1.54, 1.807) is 6.08 Å². The Morgan fingerprint density at radius 2 is 1.61 bits per heavy atom. The number of rotatable bonds is 8. The van der Waals surface area contributed by atoms with Crippen molar-refractivity contribution in [2.45, 2.75) is 90.1 Å². The third-order valence-corrected chi connectivity index (χ3v) is 6.47. The van der Waals surface area contributed by atoms with Crippen LogP contribution in [0, 0.1) is 0 Å². The van der Waals surface area contributed by atoms with E-state index < -0.39 is 0 Å². The molecule has 1 aromatic rings. The third-order valence-electron chi connectivity index (χ3n) is 6.47. The number of allylic oxidation sites excluding steroid dienone is 1. The molecule has 2 fully saturated rings. The van der Waals surface area contributed by atoms with Crippen molar-refractivity contribution in [1.82, 2.24) is 5.32 Å². The topological polar surface area (TPSA) is 53.9 Å². The number of aliphatic imine (C=N–C) groups is 1. The minimum absolute atomic E-state index is 0.293. The summed E-state index contributed by atoms with van der Waals surface area (Å²) in [4.78, 5) is 19.0. The van der Waals surface area contributed by atoms with Crippen LogP contribution in [0.4, 0.5) is 5.69 Å². The summed E-state index contributed by atoms with van der Waals surface area (Å²) in [7, 11) is 0. The minimum atomic E-state index is 0.293. The SMILES string of the molecule is CCN(CC)c1ccc(/C=C(\C=O)O/C(=N\C2CCCCC2)NC2CCCCC2)cc1. The summed E-state index contributed by atoms with van der Waals surface area (Å²) in [6.45, 7) is 6.26. The summed E-state index contributed by atoms with van der Waals surface area (Å²) in [5.41, 5.74) is 2.14. The van der Waals surface area contributed by atoms with E-state index in [4.69, 9.17) is 9.73 Å². The Kier molecular flexibility index (Phi) is 9.44. The predicted molar refractivity (Wildman–Crippen MR) is 129 cm³/mol. The number of amidine groups is 1. The maximum absolute atomic E-state index is 11.8. The molecule has 31 heavy (non-hydrogen) atoms. The van der Waals surface area contributed by atoms with Crippen molar-refractivity contribution in [3.8, 4) is 0 Å². The van der Waals surface area contributed by atoms with Crippen LogP contribution in [0.25, 0.3) is 6.08 Å². The number of aldehydes is 1. The van der Waals surface area contributed by atoms with Crippen LogP contribution in [0.5, 0.6) is 0 Å². The van der Waals surface area contributed by atoms with Gasteiger partial charge < -0.3 is 15.0 Å². The van der Waals surface area contributed by atoms with Crippen molar-refractivity contribution in [2.75, 3.05) is 18.0 Å². The van der Waals surface area contributed by atoms with Gasteiger partial charge in [0.2, 0.25) is 0 Å². The van der Waals surface area contributed by atoms with E-state index in [0.29, 0.717) is 23.9 Å². The van der Waals surface area contributed by atoms with Gasteiger partial charge in [-0.3, -0.25) is 4.79 Å². The zero-order chi connectivity index (χ0) is 21.9. The molecule has 2 saturated carbocycles. The van der Waals surface area contributed by atoms with E-state index >= 15 is 0 Å². The molecule has 0 amide bonds. The zero-order valence-electron chi connectivity index (χ0n) is 19.3. The molecular formula is C26H39N3O2. The van der Waals surface area contributed by atoms with E-state index in [1.807, 2.05) is 12.1 Å². The van der Waals surface area contributed by atoms with Crippen LogP contribution in [0.3, 0.4) is 0 Å². The standard InChI is InChI=1S/C26H39N3O2/c1-3-29(4-2)24-17-15-21(16-18-24)19-25(20-30)31-26(27-22-11-7-5-8-12-22)28-23-13-9-6-10-14-23/h15-20,22-23H,3-14H2,1-2H3,(H,27,28)/b25-19+. The van der Waals surface area contributed by atoms with Gasteiger partial charge in [0, 0.05) is 24.8 Å². The second kappa shape index (κ2) is 12.5. The van der Waals surface area contributed by atoms with Crippen molar-refractivity contribution in [2.24, 2.45) is 4.99 Å². The highest BCUT2D eigenvalue weighted by Crippen LogP contribution is 2.22. The fourth-order valence-electron chi connectivity index (χ4n) is 4.62. The Bertz CT molecular complexity index is 726. The molecule has 2 aliphatic rings. The monoisotopic (exact) mass is 425 g/mol. The smallest absolute Gasteiger partial charge is 0.290 e. The van der Waals surface area contributed by atoms with E-state index in [0.717, 1.165) is 50.6 Å². The highest BCUT2D eigenvalue weighted by atomic mass is 16.5. The number of carbonyl (C=O) groups excluding carboxylic acids is 1. The number of hydrogen-bond acceptors (Lipinski definition) is 4. The molecule has 0 spiro atoms. The summed E-state index contributed by atoms with van der Waals surface area (Å²) >= 11 is 0. The predicted octanol–water partition coefficient (Wildman–Crippen LogP) is 5.70. The van der Waals surface area contributed by atoms with E-state index in [-0.39, 0.29) is 0 Å². The van der Waals surface area contributed by atoms with Gasteiger partial charge in [-0.05, 0) is 63.3 Å². The molecule has 3 rings (SSSR count). The van der Waals surface area contributed by atoms with Gasteiger partial charge in [-0.2, -0.15) is 0 Å². The lowest BCUT2D eigenvalue weighted by Gasteiger charge is -2.26. The van der Waals surface area contributed by atoms with Gasteiger partial charge in [0.1, 0.15) is 0 Å².